The predicted molar refractivity (Wildman–Crippen MR) is 88.7 cm³/mol. The highest BCUT2D eigenvalue weighted by atomic mass is 16.4. The largest absolute Gasteiger partial charge is 0.480 e. The van der Waals surface area contributed by atoms with Gasteiger partial charge in [-0.05, 0) is 39.3 Å². The fourth-order valence-electron chi connectivity index (χ4n) is 2.82. The van der Waals surface area contributed by atoms with E-state index in [-0.39, 0.29) is 11.9 Å². The molecule has 0 saturated carbocycles. The van der Waals surface area contributed by atoms with Gasteiger partial charge in [0.25, 0.3) is 5.91 Å². The topological polar surface area (TPSA) is 71.3 Å². The second kappa shape index (κ2) is 6.69. The van der Waals surface area contributed by atoms with Crippen LogP contribution in [0.3, 0.4) is 0 Å². The number of aliphatic carboxylic acids is 1. The van der Waals surface area contributed by atoms with Gasteiger partial charge in [-0.3, -0.25) is 9.59 Å². The Bertz CT molecular complexity index is 719. The third kappa shape index (κ3) is 3.44. The van der Waals surface area contributed by atoms with Crippen LogP contribution in [0.15, 0.2) is 36.4 Å². The summed E-state index contributed by atoms with van der Waals surface area (Å²) in [6.45, 7) is 7.36. The monoisotopic (exact) mass is 314 g/mol. The quantitative estimate of drug-likeness (QED) is 0.891. The first-order valence-electron chi connectivity index (χ1n) is 7.60. The number of aromatic nitrogens is 1. The van der Waals surface area contributed by atoms with Crippen molar-refractivity contribution in [3.05, 3.63) is 58.9 Å². The molecule has 5 heteroatoms. The van der Waals surface area contributed by atoms with Crippen molar-refractivity contribution in [3.63, 3.8) is 0 Å². The Labute approximate surface area is 135 Å². The lowest BCUT2D eigenvalue weighted by molar-refractivity contribution is -0.138. The number of aryl methyl sites for hydroxylation is 1. The molecule has 0 saturated heterocycles. The van der Waals surface area contributed by atoms with E-state index in [4.69, 9.17) is 5.11 Å². The van der Waals surface area contributed by atoms with E-state index in [1.54, 1.807) is 6.07 Å². The molecule has 1 aromatic carbocycles. The van der Waals surface area contributed by atoms with Crippen LogP contribution >= 0.6 is 0 Å². The zero-order valence-corrected chi connectivity index (χ0v) is 13.8. The molecule has 2 unspecified atom stereocenters. The van der Waals surface area contributed by atoms with E-state index in [1.165, 1.54) is 6.92 Å². The van der Waals surface area contributed by atoms with Gasteiger partial charge < -0.3 is 15.0 Å². The molecule has 0 spiro atoms. The van der Waals surface area contributed by atoms with Crippen LogP contribution in [0.1, 0.15) is 47.2 Å². The molecule has 1 heterocycles. The molecule has 0 aliphatic heterocycles. The summed E-state index contributed by atoms with van der Waals surface area (Å²) in [5.41, 5.74) is 3.46. The molecule has 0 radical (unpaired) electrons. The number of carbonyl (C=O) groups is 2. The molecule has 122 valence electrons. The van der Waals surface area contributed by atoms with E-state index in [1.807, 2.05) is 32.0 Å². The minimum Gasteiger partial charge on any atom is -0.480 e. The van der Waals surface area contributed by atoms with Gasteiger partial charge in [-0.2, -0.15) is 0 Å². The van der Waals surface area contributed by atoms with Crippen molar-refractivity contribution in [2.24, 2.45) is 0 Å². The lowest BCUT2D eigenvalue weighted by atomic mass is 10.1. The van der Waals surface area contributed by atoms with Gasteiger partial charge >= 0.3 is 5.97 Å². The summed E-state index contributed by atoms with van der Waals surface area (Å²) in [5, 5.41) is 11.4. The van der Waals surface area contributed by atoms with Gasteiger partial charge in [0.2, 0.25) is 0 Å². The summed E-state index contributed by atoms with van der Waals surface area (Å²) in [4.78, 5) is 23.2. The number of carbonyl (C=O) groups excluding carboxylic acids is 1. The van der Waals surface area contributed by atoms with Crippen LogP contribution in [0.5, 0.6) is 0 Å². The van der Waals surface area contributed by atoms with Crippen molar-refractivity contribution in [1.29, 1.82) is 0 Å². The number of rotatable bonds is 5. The van der Waals surface area contributed by atoms with E-state index in [0.29, 0.717) is 5.56 Å². The van der Waals surface area contributed by atoms with E-state index in [2.05, 4.69) is 28.9 Å². The van der Waals surface area contributed by atoms with Gasteiger partial charge in [-0.25, -0.2) is 0 Å². The molecular formula is C18H22N2O3. The average molecular weight is 314 g/mol. The summed E-state index contributed by atoms with van der Waals surface area (Å²) in [6, 6.07) is 11.0. The summed E-state index contributed by atoms with van der Waals surface area (Å²) in [5.74, 6) is -1.41. The van der Waals surface area contributed by atoms with Crippen molar-refractivity contribution >= 4 is 11.9 Å². The van der Waals surface area contributed by atoms with E-state index < -0.39 is 12.0 Å². The van der Waals surface area contributed by atoms with Gasteiger partial charge in [-0.15, -0.1) is 0 Å². The Morgan fingerprint density at radius 2 is 1.74 bits per heavy atom. The van der Waals surface area contributed by atoms with Gasteiger partial charge in [0.05, 0.1) is 11.6 Å². The summed E-state index contributed by atoms with van der Waals surface area (Å²) in [6.07, 6.45) is 0. The first-order chi connectivity index (χ1) is 10.8. The van der Waals surface area contributed by atoms with Gasteiger partial charge in [0.15, 0.2) is 0 Å². The predicted octanol–water partition coefficient (Wildman–Crippen LogP) is 2.92. The normalized spacial score (nSPS) is 13.4. The molecule has 0 fully saturated rings. The number of amides is 1. The minimum absolute atomic E-state index is 0.0923. The zero-order valence-electron chi connectivity index (χ0n) is 13.8. The van der Waals surface area contributed by atoms with E-state index in [0.717, 1.165) is 17.0 Å². The van der Waals surface area contributed by atoms with Crippen LogP contribution in [0.25, 0.3) is 0 Å². The molecule has 0 aliphatic carbocycles. The number of hydrogen-bond donors (Lipinski definition) is 2. The highest BCUT2D eigenvalue weighted by Gasteiger charge is 2.22. The lowest BCUT2D eigenvalue weighted by Gasteiger charge is -2.19. The smallest absolute Gasteiger partial charge is 0.325 e. The highest BCUT2D eigenvalue weighted by Crippen LogP contribution is 2.25. The fraction of sp³-hybridized carbons (Fsp3) is 0.333. The third-order valence-corrected chi connectivity index (χ3v) is 4.12. The molecule has 2 N–H and O–H groups in total. The molecule has 2 aromatic rings. The molecule has 0 bridgehead atoms. The maximum atomic E-state index is 12.3. The minimum atomic E-state index is -1.05. The Balaban J connectivity index is 2.33. The standard InChI is InChI=1S/C18H22N2O3/c1-11-10-16(17(21)19-12(2)18(22)23)14(4)20(11)13(3)15-8-6-5-7-9-15/h5-10,12-13H,1-4H3,(H,19,21)(H,22,23). The van der Waals surface area contributed by atoms with Crippen molar-refractivity contribution in [3.8, 4) is 0 Å². The molecule has 23 heavy (non-hydrogen) atoms. The molecule has 2 atom stereocenters. The second-order valence-corrected chi connectivity index (χ2v) is 5.77. The van der Waals surface area contributed by atoms with Crippen LogP contribution in [-0.2, 0) is 4.79 Å². The van der Waals surface area contributed by atoms with Crippen molar-refractivity contribution in [1.82, 2.24) is 9.88 Å². The number of carboxylic acids is 1. The van der Waals surface area contributed by atoms with Crippen LogP contribution in [-0.4, -0.2) is 27.6 Å². The molecule has 2 rings (SSSR count). The molecule has 5 nitrogen and oxygen atoms in total. The first-order valence-corrected chi connectivity index (χ1v) is 7.60. The first kappa shape index (κ1) is 16.8. The number of hydrogen-bond acceptors (Lipinski definition) is 2. The maximum absolute atomic E-state index is 12.3. The molecule has 1 aromatic heterocycles. The zero-order chi connectivity index (χ0) is 17.1. The summed E-state index contributed by atoms with van der Waals surface area (Å²) < 4.78 is 2.09. The maximum Gasteiger partial charge on any atom is 0.325 e. The number of benzene rings is 1. The average Bonchev–Trinajstić information content (AvgIpc) is 2.82. The third-order valence-electron chi connectivity index (χ3n) is 4.12. The van der Waals surface area contributed by atoms with Crippen LogP contribution in [0.2, 0.25) is 0 Å². The van der Waals surface area contributed by atoms with Gasteiger partial charge in [0, 0.05) is 11.4 Å². The van der Waals surface area contributed by atoms with E-state index in [9.17, 15) is 9.59 Å². The Hall–Kier alpha value is -2.56. The van der Waals surface area contributed by atoms with Crippen LogP contribution in [0, 0.1) is 13.8 Å². The Kier molecular flexibility index (Phi) is 4.89. The fourth-order valence-corrected chi connectivity index (χ4v) is 2.82. The summed E-state index contributed by atoms with van der Waals surface area (Å²) in [7, 11) is 0. The number of carboxylic acid groups (broad SMARTS) is 1. The highest BCUT2D eigenvalue weighted by molar-refractivity contribution is 5.97. The SMILES string of the molecule is Cc1cc(C(=O)NC(C)C(=O)O)c(C)n1C(C)c1ccccc1. The van der Waals surface area contributed by atoms with E-state index >= 15 is 0 Å². The Morgan fingerprint density at radius 3 is 2.30 bits per heavy atom. The summed E-state index contributed by atoms with van der Waals surface area (Å²) >= 11 is 0. The van der Waals surface area contributed by atoms with Crippen LogP contribution in [0.4, 0.5) is 0 Å². The number of nitrogens with one attached hydrogen (secondary N) is 1. The lowest BCUT2D eigenvalue weighted by Crippen LogP contribution is -2.38. The molecule has 0 aliphatic rings. The van der Waals surface area contributed by atoms with Gasteiger partial charge in [-0.1, -0.05) is 30.3 Å². The molecule has 1 amide bonds. The van der Waals surface area contributed by atoms with Crippen molar-refractivity contribution in [2.45, 2.75) is 39.8 Å². The van der Waals surface area contributed by atoms with Crippen molar-refractivity contribution in [2.75, 3.05) is 0 Å². The van der Waals surface area contributed by atoms with Gasteiger partial charge in [0.1, 0.15) is 6.04 Å². The number of nitrogens with zero attached hydrogens (tertiary/aromatic N) is 1. The second-order valence-electron chi connectivity index (χ2n) is 5.77. The molecular weight excluding hydrogens is 292 g/mol. The Morgan fingerprint density at radius 1 is 1.13 bits per heavy atom. The van der Waals surface area contributed by atoms with Crippen LogP contribution < -0.4 is 5.32 Å². The van der Waals surface area contributed by atoms with Crippen molar-refractivity contribution < 1.29 is 14.7 Å².